The number of ether oxygens (including phenoxy) is 2. The van der Waals surface area contributed by atoms with Gasteiger partial charge in [0.25, 0.3) is 5.56 Å². The number of anilines is 2. The van der Waals surface area contributed by atoms with Gasteiger partial charge in [0, 0.05) is 30.8 Å². The fourth-order valence-electron chi connectivity index (χ4n) is 4.48. The van der Waals surface area contributed by atoms with Crippen LogP contribution >= 0.6 is 11.3 Å². The number of nitrogens with zero attached hydrogens (tertiary/aromatic N) is 3. The normalized spacial score (nSPS) is 25.1. The Bertz CT molecular complexity index is 1090. The van der Waals surface area contributed by atoms with Crippen molar-refractivity contribution < 1.29 is 14.3 Å². The van der Waals surface area contributed by atoms with Gasteiger partial charge < -0.3 is 19.7 Å². The van der Waals surface area contributed by atoms with Gasteiger partial charge in [-0.15, -0.1) is 11.3 Å². The van der Waals surface area contributed by atoms with Gasteiger partial charge in [-0.3, -0.25) is 14.6 Å². The van der Waals surface area contributed by atoms with E-state index in [1.165, 1.54) is 11.3 Å². The molecule has 5 rings (SSSR count). The second kappa shape index (κ2) is 7.19. The molecular weight excluding hydrogens is 406 g/mol. The zero-order chi connectivity index (χ0) is 20.9. The number of nitriles is 1. The summed E-state index contributed by atoms with van der Waals surface area (Å²) in [5, 5.41) is 14.2. The van der Waals surface area contributed by atoms with Crippen LogP contribution in [0.25, 0.3) is 0 Å². The molecule has 0 radical (unpaired) electrons. The predicted octanol–water partition coefficient (Wildman–Crippen LogP) is 1.71. The van der Waals surface area contributed by atoms with Crippen LogP contribution in [0.15, 0.2) is 16.2 Å². The van der Waals surface area contributed by atoms with Gasteiger partial charge >= 0.3 is 0 Å². The third kappa shape index (κ3) is 3.01. The molecule has 1 amide bonds. The number of fused-ring (bicyclic) bond motifs is 1. The Balaban J connectivity index is 1.51. The van der Waals surface area contributed by atoms with Crippen molar-refractivity contribution >= 4 is 29.0 Å². The summed E-state index contributed by atoms with van der Waals surface area (Å²) in [6.45, 7) is 4.35. The monoisotopic (exact) mass is 427 g/mol. The number of aromatic amines is 1. The minimum absolute atomic E-state index is 0.233. The van der Waals surface area contributed by atoms with Crippen molar-refractivity contribution in [2.75, 3.05) is 36.5 Å². The zero-order valence-electron chi connectivity index (χ0n) is 16.4. The highest BCUT2D eigenvalue weighted by Crippen LogP contribution is 2.42. The van der Waals surface area contributed by atoms with E-state index in [-0.39, 0.29) is 11.4 Å². The highest BCUT2D eigenvalue weighted by atomic mass is 32.1. The first-order valence-corrected chi connectivity index (χ1v) is 10.8. The molecule has 2 aromatic rings. The number of hydrogen-bond donors (Lipinski definition) is 2. The van der Waals surface area contributed by atoms with Crippen LogP contribution in [0.1, 0.15) is 34.8 Å². The number of aryl methyl sites for hydroxylation is 1. The molecule has 0 bridgehead atoms. The van der Waals surface area contributed by atoms with E-state index < -0.39 is 23.5 Å². The molecule has 3 aliphatic rings. The summed E-state index contributed by atoms with van der Waals surface area (Å²) < 4.78 is 11.5. The van der Waals surface area contributed by atoms with E-state index in [0.717, 1.165) is 10.4 Å². The van der Waals surface area contributed by atoms with Crippen LogP contribution in [0.5, 0.6) is 0 Å². The quantitative estimate of drug-likeness (QED) is 0.748. The summed E-state index contributed by atoms with van der Waals surface area (Å²) in [5.74, 6) is -1.93. The van der Waals surface area contributed by atoms with Gasteiger partial charge in [0.05, 0.1) is 30.8 Å². The standard InChI is InChI=1S/C20H21N5O4S/c1-11-2-9-30-15(11)13-12(10-21)17(26)22-16-14(13)18(27)24-19(23-16)25-5-3-20(4-6-25)28-7-8-29-20/h2,9,12-13H,3-8H2,1H3,(H2,22,23,24,26,27). The Kier molecular flexibility index (Phi) is 4.61. The molecule has 0 saturated carbocycles. The molecule has 2 saturated heterocycles. The van der Waals surface area contributed by atoms with Gasteiger partial charge in [-0.05, 0) is 23.9 Å². The number of thiophene rings is 1. The van der Waals surface area contributed by atoms with Crippen molar-refractivity contribution in [2.45, 2.75) is 31.5 Å². The summed E-state index contributed by atoms with van der Waals surface area (Å²) in [6, 6.07) is 3.99. The Morgan fingerprint density at radius 2 is 2.03 bits per heavy atom. The van der Waals surface area contributed by atoms with E-state index in [1.807, 2.05) is 23.3 Å². The molecule has 9 nitrogen and oxygen atoms in total. The van der Waals surface area contributed by atoms with Crippen molar-refractivity contribution in [3.63, 3.8) is 0 Å². The Morgan fingerprint density at radius 3 is 2.67 bits per heavy atom. The van der Waals surface area contributed by atoms with E-state index in [2.05, 4.69) is 21.4 Å². The Labute approximate surface area is 176 Å². The van der Waals surface area contributed by atoms with Crippen LogP contribution in [-0.2, 0) is 14.3 Å². The van der Waals surface area contributed by atoms with Gasteiger partial charge in [0.2, 0.25) is 11.9 Å². The molecule has 10 heteroatoms. The van der Waals surface area contributed by atoms with Crippen molar-refractivity contribution in [3.8, 4) is 6.07 Å². The van der Waals surface area contributed by atoms with Crippen LogP contribution in [-0.4, -0.2) is 48.0 Å². The molecule has 3 aliphatic heterocycles. The van der Waals surface area contributed by atoms with Crippen molar-refractivity contribution in [1.29, 1.82) is 5.26 Å². The largest absolute Gasteiger partial charge is 0.347 e. The maximum absolute atomic E-state index is 13.1. The van der Waals surface area contributed by atoms with Crippen LogP contribution in [0.3, 0.4) is 0 Å². The fourth-order valence-corrected chi connectivity index (χ4v) is 5.55. The third-order valence-electron chi connectivity index (χ3n) is 6.07. The fraction of sp³-hybridized carbons (Fsp3) is 0.500. The Hall–Kier alpha value is -2.74. The van der Waals surface area contributed by atoms with Crippen molar-refractivity contribution in [3.05, 3.63) is 37.8 Å². The summed E-state index contributed by atoms with van der Waals surface area (Å²) in [4.78, 5) is 36.0. The average molecular weight is 427 g/mol. The first-order valence-electron chi connectivity index (χ1n) is 9.93. The number of carbonyl (C=O) groups excluding carboxylic acids is 1. The first kappa shape index (κ1) is 19.2. The van der Waals surface area contributed by atoms with Crippen LogP contribution in [0.4, 0.5) is 11.8 Å². The van der Waals surface area contributed by atoms with E-state index >= 15 is 0 Å². The van der Waals surface area contributed by atoms with Gasteiger partial charge in [-0.25, -0.2) is 0 Å². The Morgan fingerprint density at radius 1 is 1.30 bits per heavy atom. The highest BCUT2D eigenvalue weighted by Gasteiger charge is 2.43. The molecule has 5 heterocycles. The molecule has 1 spiro atoms. The summed E-state index contributed by atoms with van der Waals surface area (Å²) in [7, 11) is 0. The lowest BCUT2D eigenvalue weighted by Gasteiger charge is -2.38. The minimum atomic E-state index is -0.977. The number of nitrogens with one attached hydrogen (secondary N) is 2. The van der Waals surface area contributed by atoms with Gasteiger partial charge in [0.1, 0.15) is 11.7 Å². The van der Waals surface area contributed by atoms with E-state index in [1.54, 1.807) is 0 Å². The van der Waals surface area contributed by atoms with E-state index in [9.17, 15) is 14.9 Å². The van der Waals surface area contributed by atoms with Crippen LogP contribution < -0.4 is 15.8 Å². The molecular formula is C20H21N5O4S. The van der Waals surface area contributed by atoms with Crippen molar-refractivity contribution in [2.24, 2.45) is 5.92 Å². The maximum atomic E-state index is 13.1. The van der Waals surface area contributed by atoms with Crippen LogP contribution in [0.2, 0.25) is 0 Å². The van der Waals surface area contributed by atoms with Gasteiger partial charge in [0.15, 0.2) is 5.79 Å². The number of rotatable bonds is 2. The lowest BCUT2D eigenvalue weighted by Crippen LogP contribution is -2.46. The average Bonchev–Trinajstić information content (AvgIpc) is 3.36. The number of aromatic nitrogens is 2. The second-order valence-electron chi connectivity index (χ2n) is 7.79. The molecule has 0 aromatic carbocycles. The highest BCUT2D eigenvalue weighted by molar-refractivity contribution is 7.10. The molecule has 2 N–H and O–H groups in total. The lowest BCUT2D eigenvalue weighted by molar-refractivity contribution is -0.169. The molecule has 0 aliphatic carbocycles. The zero-order valence-corrected chi connectivity index (χ0v) is 17.3. The SMILES string of the molecule is Cc1ccsc1C1c2c(nc(N3CCC4(CC3)OCCO4)[nH]c2=O)NC(=O)C1C#N. The van der Waals surface area contributed by atoms with E-state index in [4.69, 9.17) is 9.47 Å². The topological polar surface area (TPSA) is 120 Å². The molecule has 2 fully saturated rings. The first-order chi connectivity index (χ1) is 14.5. The van der Waals surface area contributed by atoms with Crippen LogP contribution in [0, 0.1) is 24.2 Å². The summed E-state index contributed by atoms with van der Waals surface area (Å²) >= 11 is 1.44. The molecule has 30 heavy (non-hydrogen) atoms. The smallest absolute Gasteiger partial charge is 0.258 e. The second-order valence-corrected chi connectivity index (χ2v) is 8.74. The number of piperidine rings is 1. The van der Waals surface area contributed by atoms with Crippen molar-refractivity contribution in [1.82, 2.24) is 9.97 Å². The number of carbonyl (C=O) groups is 1. The number of hydrogen-bond acceptors (Lipinski definition) is 8. The summed E-state index contributed by atoms with van der Waals surface area (Å²) in [6.07, 6.45) is 1.35. The third-order valence-corrected chi connectivity index (χ3v) is 7.17. The predicted molar refractivity (Wildman–Crippen MR) is 110 cm³/mol. The van der Waals surface area contributed by atoms with Gasteiger partial charge in [-0.1, -0.05) is 0 Å². The van der Waals surface area contributed by atoms with E-state index in [0.29, 0.717) is 50.7 Å². The summed E-state index contributed by atoms with van der Waals surface area (Å²) in [5.41, 5.74) is 0.959. The number of H-pyrrole nitrogens is 1. The lowest BCUT2D eigenvalue weighted by atomic mass is 9.82. The maximum Gasteiger partial charge on any atom is 0.258 e. The molecule has 2 aromatic heterocycles. The molecule has 2 atom stereocenters. The molecule has 156 valence electrons. The number of amides is 1. The van der Waals surface area contributed by atoms with Gasteiger partial charge in [-0.2, -0.15) is 10.2 Å². The molecule has 2 unspecified atom stereocenters. The minimum Gasteiger partial charge on any atom is -0.347 e.